The summed E-state index contributed by atoms with van der Waals surface area (Å²) in [6.07, 6.45) is 3.02. The van der Waals surface area contributed by atoms with Crippen LogP contribution >= 0.6 is 11.3 Å². The molecule has 29 heavy (non-hydrogen) atoms. The minimum Gasteiger partial charge on any atom is -0.331 e. The zero-order valence-electron chi connectivity index (χ0n) is 18.0. The van der Waals surface area contributed by atoms with Gasteiger partial charge in [0.05, 0.1) is 6.04 Å². The second-order valence-electron chi connectivity index (χ2n) is 7.92. The van der Waals surface area contributed by atoms with Crippen molar-refractivity contribution in [2.75, 3.05) is 13.1 Å². The number of amides is 2. The SMILES string of the molecule is CCCC(=O)N(CC(=O)N1CCc2sccc2[C@H]1c1ccccc1C)[C@H](C)CC. The molecular weight excluding hydrogens is 380 g/mol. The van der Waals surface area contributed by atoms with E-state index in [1.165, 1.54) is 21.6 Å². The van der Waals surface area contributed by atoms with Crippen LogP contribution < -0.4 is 0 Å². The third kappa shape index (κ3) is 4.55. The van der Waals surface area contributed by atoms with Gasteiger partial charge in [-0.15, -0.1) is 11.3 Å². The van der Waals surface area contributed by atoms with Gasteiger partial charge in [0.15, 0.2) is 0 Å². The van der Waals surface area contributed by atoms with E-state index >= 15 is 0 Å². The van der Waals surface area contributed by atoms with Crippen LogP contribution in [0, 0.1) is 6.92 Å². The lowest BCUT2D eigenvalue weighted by atomic mass is 9.90. The standard InChI is InChI=1S/C24H32N2O2S/c1-5-9-22(27)26(18(4)6-2)16-23(28)25-14-12-21-20(13-15-29-21)24(25)19-11-8-7-10-17(19)3/h7-8,10-11,13,15,18,24H,5-6,9,12,14,16H2,1-4H3/t18-,24-/m1/s1. The zero-order chi connectivity index (χ0) is 21.0. The first-order valence-corrected chi connectivity index (χ1v) is 11.6. The molecule has 2 heterocycles. The van der Waals surface area contributed by atoms with Crippen LogP contribution in [0.5, 0.6) is 0 Å². The predicted molar refractivity (Wildman–Crippen MR) is 119 cm³/mol. The summed E-state index contributed by atoms with van der Waals surface area (Å²) in [5.41, 5.74) is 3.60. The minimum absolute atomic E-state index is 0.0415. The maximum absolute atomic E-state index is 13.5. The summed E-state index contributed by atoms with van der Waals surface area (Å²) in [5.74, 6) is 0.121. The van der Waals surface area contributed by atoms with Gasteiger partial charge in [-0.2, -0.15) is 0 Å². The van der Waals surface area contributed by atoms with Gasteiger partial charge in [0.2, 0.25) is 11.8 Å². The average Bonchev–Trinajstić information content (AvgIpc) is 3.20. The number of carbonyl (C=O) groups excluding carboxylic acids is 2. The molecule has 5 heteroatoms. The van der Waals surface area contributed by atoms with Gasteiger partial charge in [-0.1, -0.05) is 38.1 Å². The highest BCUT2D eigenvalue weighted by atomic mass is 32.1. The van der Waals surface area contributed by atoms with Gasteiger partial charge in [0.1, 0.15) is 6.54 Å². The number of carbonyl (C=O) groups is 2. The van der Waals surface area contributed by atoms with Crippen molar-refractivity contribution in [2.45, 2.75) is 65.5 Å². The third-order valence-electron chi connectivity index (χ3n) is 5.98. The van der Waals surface area contributed by atoms with Crippen LogP contribution in [0.3, 0.4) is 0 Å². The molecule has 2 atom stereocenters. The number of nitrogens with zero attached hydrogens (tertiary/aromatic N) is 2. The highest BCUT2D eigenvalue weighted by Gasteiger charge is 2.35. The number of benzene rings is 1. The Labute approximate surface area is 178 Å². The molecule has 3 rings (SSSR count). The average molecular weight is 413 g/mol. The third-order valence-corrected chi connectivity index (χ3v) is 6.98. The van der Waals surface area contributed by atoms with Crippen molar-refractivity contribution >= 4 is 23.2 Å². The topological polar surface area (TPSA) is 40.6 Å². The van der Waals surface area contributed by atoms with Crippen molar-refractivity contribution in [3.63, 3.8) is 0 Å². The first-order valence-electron chi connectivity index (χ1n) is 10.7. The van der Waals surface area contributed by atoms with E-state index in [1.807, 2.05) is 30.9 Å². The molecule has 0 fully saturated rings. The zero-order valence-corrected chi connectivity index (χ0v) is 18.8. The molecule has 4 nitrogen and oxygen atoms in total. The molecule has 156 valence electrons. The maximum Gasteiger partial charge on any atom is 0.243 e. The molecule has 0 saturated heterocycles. The Bertz CT molecular complexity index is 860. The Morgan fingerprint density at radius 2 is 1.97 bits per heavy atom. The number of fused-ring (bicyclic) bond motifs is 1. The largest absolute Gasteiger partial charge is 0.331 e. The van der Waals surface area contributed by atoms with Gasteiger partial charge in [0.25, 0.3) is 0 Å². The van der Waals surface area contributed by atoms with Crippen LogP contribution in [0.1, 0.15) is 67.6 Å². The summed E-state index contributed by atoms with van der Waals surface area (Å²) in [4.78, 5) is 31.3. The lowest BCUT2D eigenvalue weighted by Gasteiger charge is -2.39. The summed E-state index contributed by atoms with van der Waals surface area (Å²) < 4.78 is 0. The summed E-state index contributed by atoms with van der Waals surface area (Å²) in [7, 11) is 0. The van der Waals surface area contributed by atoms with Crippen molar-refractivity contribution in [1.82, 2.24) is 9.80 Å². The summed E-state index contributed by atoms with van der Waals surface area (Å²) in [6, 6.07) is 10.5. The van der Waals surface area contributed by atoms with Gasteiger partial charge in [-0.05, 0) is 61.2 Å². The number of rotatable bonds is 7. The van der Waals surface area contributed by atoms with Crippen molar-refractivity contribution in [1.29, 1.82) is 0 Å². The van der Waals surface area contributed by atoms with Crippen molar-refractivity contribution in [3.8, 4) is 0 Å². The summed E-state index contributed by atoms with van der Waals surface area (Å²) in [6.45, 7) is 9.07. The molecule has 0 saturated carbocycles. The predicted octanol–water partition coefficient (Wildman–Crippen LogP) is 4.96. The number of hydrogen-bond donors (Lipinski definition) is 0. The molecule has 0 N–H and O–H groups in total. The van der Waals surface area contributed by atoms with Crippen LogP contribution in [0.15, 0.2) is 35.7 Å². The van der Waals surface area contributed by atoms with E-state index in [9.17, 15) is 9.59 Å². The van der Waals surface area contributed by atoms with E-state index < -0.39 is 0 Å². The van der Waals surface area contributed by atoms with Crippen LogP contribution in [0.4, 0.5) is 0 Å². The van der Waals surface area contributed by atoms with E-state index in [-0.39, 0.29) is 30.4 Å². The van der Waals surface area contributed by atoms with Crippen molar-refractivity contribution in [2.24, 2.45) is 0 Å². The second-order valence-corrected chi connectivity index (χ2v) is 8.92. The molecule has 2 aromatic rings. The van der Waals surface area contributed by atoms with Gasteiger partial charge < -0.3 is 9.80 Å². The highest BCUT2D eigenvalue weighted by molar-refractivity contribution is 7.10. The molecule has 0 spiro atoms. The van der Waals surface area contributed by atoms with Gasteiger partial charge in [-0.25, -0.2) is 0 Å². The molecule has 0 bridgehead atoms. The lowest BCUT2D eigenvalue weighted by Crippen LogP contribution is -2.49. The molecule has 0 unspecified atom stereocenters. The Hall–Kier alpha value is -2.14. The van der Waals surface area contributed by atoms with E-state index in [4.69, 9.17) is 0 Å². The molecule has 1 aromatic heterocycles. The van der Waals surface area contributed by atoms with Crippen LogP contribution in [0.25, 0.3) is 0 Å². The Balaban J connectivity index is 1.92. The van der Waals surface area contributed by atoms with Crippen molar-refractivity contribution < 1.29 is 9.59 Å². The first-order chi connectivity index (χ1) is 14.0. The number of aryl methyl sites for hydroxylation is 1. The van der Waals surface area contributed by atoms with Gasteiger partial charge >= 0.3 is 0 Å². The molecule has 2 amide bonds. The summed E-state index contributed by atoms with van der Waals surface area (Å²) in [5, 5.41) is 2.13. The fourth-order valence-electron chi connectivity index (χ4n) is 4.12. The molecule has 1 aliphatic rings. The fourth-order valence-corrected chi connectivity index (χ4v) is 5.02. The van der Waals surface area contributed by atoms with E-state index in [1.54, 1.807) is 16.2 Å². The van der Waals surface area contributed by atoms with Crippen LogP contribution in [-0.4, -0.2) is 40.7 Å². The molecule has 1 aliphatic heterocycles. The molecular formula is C24H32N2O2S. The van der Waals surface area contributed by atoms with Crippen molar-refractivity contribution in [3.05, 3.63) is 57.3 Å². The maximum atomic E-state index is 13.5. The van der Waals surface area contributed by atoms with Crippen LogP contribution in [0.2, 0.25) is 0 Å². The Morgan fingerprint density at radius 1 is 1.21 bits per heavy atom. The molecule has 0 aliphatic carbocycles. The monoisotopic (exact) mass is 412 g/mol. The minimum atomic E-state index is -0.0706. The summed E-state index contributed by atoms with van der Waals surface area (Å²) >= 11 is 1.77. The van der Waals surface area contributed by atoms with Crippen LogP contribution in [-0.2, 0) is 16.0 Å². The normalized spacial score (nSPS) is 17.0. The van der Waals surface area contributed by atoms with E-state index in [0.717, 1.165) is 19.3 Å². The first kappa shape index (κ1) is 21.6. The smallest absolute Gasteiger partial charge is 0.243 e. The van der Waals surface area contributed by atoms with Gasteiger partial charge in [0, 0.05) is 23.9 Å². The number of thiophene rings is 1. The van der Waals surface area contributed by atoms with E-state index in [0.29, 0.717) is 13.0 Å². The molecule has 1 aromatic carbocycles. The van der Waals surface area contributed by atoms with Gasteiger partial charge in [-0.3, -0.25) is 9.59 Å². The Kier molecular flexibility index (Phi) is 7.12. The highest BCUT2D eigenvalue weighted by Crippen LogP contribution is 2.39. The Morgan fingerprint density at radius 3 is 2.66 bits per heavy atom. The lowest BCUT2D eigenvalue weighted by molar-refractivity contribution is -0.143. The number of hydrogen-bond acceptors (Lipinski definition) is 3. The molecule has 0 radical (unpaired) electrons. The second kappa shape index (κ2) is 9.57. The van der Waals surface area contributed by atoms with E-state index in [2.05, 4.69) is 37.4 Å². The quantitative estimate of drug-likeness (QED) is 0.645. The fraction of sp³-hybridized carbons (Fsp3) is 0.500.